The fourth-order valence-electron chi connectivity index (χ4n) is 3.73. The molecule has 2 unspecified atom stereocenters. The van der Waals surface area contributed by atoms with E-state index in [1.54, 1.807) is 0 Å². The number of likely N-dealkylation sites (tertiary alicyclic amines) is 1. The van der Waals surface area contributed by atoms with Crippen LogP contribution in [0.25, 0.3) is 0 Å². The monoisotopic (exact) mass is 395 g/mol. The summed E-state index contributed by atoms with van der Waals surface area (Å²) in [6.45, 7) is 3.66. The molecule has 2 atom stereocenters. The van der Waals surface area contributed by atoms with E-state index in [4.69, 9.17) is 0 Å². The summed E-state index contributed by atoms with van der Waals surface area (Å²) in [5.74, 6) is -0.0860. The van der Waals surface area contributed by atoms with Gasteiger partial charge in [-0.15, -0.1) is 0 Å². The maximum atomic E-state index is 13.0. The van der Waals surface area contributed by atoms with Gasteiger partial charge in [0.15, 0.2) is 0 Å². The number of carbonyl (C=O) groups excluding carboxylic acids is 2. The van der Waals surface area contributed by atoms with Gasteiger partial charge in [-0.3, -0.25) is 14.5 Å². The molecule has 2 aromatic carbocycles. The van der Waals surface area contributed by atoms with Gasteiger partial charge >= 0.3 is 0 Å². The number of β-amino-alcohol motifs (C(OH)–C–C–N with tert-alkyl or cyclic N) is 1. The van der Waals surface area contributed by atoms with Gasteiger partial charge in [0.25, 0.3) is 0 Å². The molecular weight excluding hydrogens is 366 g/mol. The Kier molecular flexibility index (Phi) is 7.01. The number of rotatable bonds is 7. The molecule has 1 saturated heterocycles. The molecule has 2 aromatic rings. The van der Waals surface area contributed by atoms with Crippen LogP contribution >= 0.6 is 0 Å². The number of aliphatic hydroxyl groups excluding tert-OH is 1. The van der Waals surface area contributed by atoms with Crippen molar-refractivity contribution in [2.45, 2.75) is 31.9 Å². The second kappa shape index (κ2) is 9.67. The van der Waals surface area contributed by atoms with E-state index in [0.717, 1.165) is 29.8 Å². The second-order valence-electron chi connectivity index (χ2n) is 7.69. The van der Waals surface area contributed by atoms with Crippen molar-refractivity contribution in [1.29, 1.82) is 0 Å². The topological polar surface area (TPSA) is 72.9 Å². The van der Waals surface area contributed by atoms with E-state index < -0.39 is 0 Å². The van der Waals surface area contributed by atoms with Gasteiger partial charge in [-0.25, -0.2) is 0 Å². The number of hydrogen-bond donors (Lipinski definition) is 2. The standard InChI is InChI=1S/C23H29N3O3/c1-17(27)24-20-10-8-18(9-11-20)14-23(29)25(2)22(19-6-4-3-5-7-19)16-26-13-12-21(28)15-26/h3-11,21-22,28H,12-16H2,1-2H3,(H,24,27). The number of hydrogen-bond acceptors (Lipinski definition) is 4. The van der Waals surface area contributed by atoms with E-state index in [0.29, 0.717) is 19.5 Å². The van der Waals surface area contributed by atoms with Crippen molar-refractivity contribution < 1.29 is 14.7 Å². The number of carbonyl (C=O) groups is 2. The molecule has 1 fully saturated rings. The molecule has 1 aliphatic heterocycles. The first-order valence-corrected chi connectivity index (χ1v) is 10.00. The molecule has 6 heteroatoms. The molecule has 0 aromatic heterocycles. The van der Waals surface area contributed by atoms with Crippen LogP contribution in [-0.4, -0.2) is 59.5 Å². The molecular formula is C23H29N3O3. The quantitative estimate of drug-likeness (QED) is 0.755. The summed E-state index contributed by atoms with van der Waals surface area (Å²) in [7, 11) is 1.85. The highest BCUT2D eigenvalue weighted by Gasteiger charge is 2.28. The lowest BCUT2D eigenvalue weighted by Crippen LogP contribution is -2.39. The fraction of sp³-hybridized carbons (Fsp3) is 0.391. The van der Waals surface area contributed by atoms with Gasteiger partial charge < -0.3 is 15.3 Å². The molecule has 1 heterocycles. The van der Waals surface area contributed by atoms with Gasteiger partial charge in [0, 0.05) is 39.3 Å². The SMILES string of the molecule is CC(=O)Nc1ccc(CC(=O)N(C)C(CN2CCC(O)C2)c2ccccc2)cc1. The predicted molar refractivity (Wildman–Crippen MR) is 113 cm³/mol. The minimum absolute atomic E-state index is 0.0332. The van der Waals surface area contributed by atoms with Crippen LogP contribution in [0.1, 0.15) is 30.5 Å². The van der Waals surface area contributed by atoms with Crippen molar-refractivity contribution in [3.63, 3.8) is 0 Å². The van der Waals surface area contributed by atoms with Crippen molar-refractivity contribution in [2.75, 3.05) is 32.0 Å². The number of nitrogens with zero attached hydrogens (tertiary/aromatic N) is 2. The summed E-state index contributed by atoms with van der Waals surface area (Å²) in [4.78, 5) is 28.2. The first-order valence-electron chi connectivity index (χ1n) is 10.00. The fourth-order valence-corrected chi connectivity index (χ4v) is 3.73. The minimum Gasteiger partial charge on any atom is -0.392 e. The lowest BCUT2D eigenvalue weighted by molar-refractivity contribution is -0.131. The smallest absolute Gasteiger partial charge is 0.227 e. The minimum atomic E-state index is -0.283. The molecule has 0 bridgehead atoms. The number of benzene rings is 2. The van der Waals surface area contributed by atoms with Gasteiger partial charge in [-0.1, -0.05) is 42.5 Å². The zero-order valence-electron chi connectivity index (χ0n) is 17.0. The van der Waals surface area contributed by atoms with E-state index in [2.05, 4.69) is 10.2 Å². The highest BCUT2D eigenvalue weighted by molar-refractivity contribution is 5.88. The Morgan fingerprint density at radius 2 is 1.86 bits per heavy atom. The largest absolute Gasteiger partial charge is 0.392 e. The molecule has 0 radical (unpaired) electrons. The second-order valence-corrected chi connectivity index (χ2v) is 7.69. The Morgan fingerprint density at radius 3 is 2.45 bits per heavy atom. The maximum Gasteiger partial charge on any atom is 0.227 e. The van der Waals surface area contributed by atoms with Crippen LogP contribution in [0.4, 0.5) is 5.69 Å². The lowest BCUT2D eigenvalue weighted by atomic mass is 10.0. The van der Waals surface area contributed by atoms with E-state index in [1.807, 2.05) is 66.5 Å². The highest BCUT2D eigenvalue weighted by atomic mass is 16.3. The Balaban J connectivity index is 1.70. The predicted octanol–water partition coefficient (Wildman–Crippen LogP) is 2.45. The van der Waals surface area contributed by atoms with Crippen LogP contribution in [0, 0.1) is 0 Å². The van der Waals surface area contributed by atoms with E-state index in [9.17, 15) is 14.7 Å². The van der Waals surface area contributed by atoms with Crippen LogP contribution in [0.15, 0.2) is 54.6 Å². The van der Waals surface area contributed by atoms with E-state index in [-0.39, 0.29) is 24.0 Å². The number of amides is 2. The molecule has 1 aliphatic rings. The molecule has 0 aliphatic carbocycles. The zero-order valence-corrected chi connectivity index (χ0v) is 17.0. The van der Waals surface area contributed by atoms with Crippen LogP contribution in [0.2, 0.25) is 0 Å². The summed E-state index contributed by atoms with van der Waals surface area (Å²) < 4.78 is 0. The van der Waals surface area contributed by atoms with Crippen LogP contribution in [0.3, 0.4) is 0 Å². The first-order chi connectivity index (χ1) is 13.9. The van der Waals surface area contributed by atoms with Gasteiger partial charge in [0.1, 0.15) is 0 Å². The summed E-state index contributed by atoms with van der Waals surface area (Å²) in [6.07, 6.45) is 0.789. The Labute approximate surface area is 172 Å². The van der Waals surface area contributed by atoms with Crippen LogP contribution in [0.5, 0.6) is 0 Å². The van der Waals surface area contributed by atoms with E-state index in [1.165, 1.54) is 6.92 Å². The highest BCUT2D eigenvalue weighted by Crippen LogP contribution is 2.24. The van der Waals surface area contributed by atoms with Crippen LogP contribution < -0.4 is 5.32 Å². The van der Waals surface area contributed by atoms with Gasteiger partial charge in [-0.05, 0) is 29.7 Å². The van der Waals surface area contributed by atoms with Gasteiger partial charge in [0.2, 0.25) is 11.8 Å². The molecule has 6 nitrogen and oxygen atoms in total. The van der Waals surface area contributed by atoms with Gasteiger partial charge in [0.05, 0.1) is 18.6 Å². The third-order valence-corrected chi connectivity index (χ3v) is 5.35. The van der Waals surface area contributed by atoms with E-state index >= 15 is 0 Å². The summed E-state index contributed by atoms with van der Waals surface area (Å²) in [6, 6.07) is 17.3. The van der Waals surface area contributed by atoms with Crippen LogP contribution in [-0.2, 0) is 16.0 Å². The maximum absolute atomic E-state index is 13.0. The summed E-state index contributed by atoms with van der Waals surface area (Å²) in [5.41, 5.74) is 2.71. The third-order valence-electron chi connectivity index (χ3n) is 5.35. The normalized spacial score (nSPS) is 17.7. The molecule has 2 N–H and O–H groups in total. The number of nitrogens with one attached hydrogen (secondary N) is 1. The molecule has 3 rings (SSSR count). The van der Waals surface area contributed by atoms with Crippen molar-refractivity contribution >= 4 is 17.5 Å². The Morgan fingerprint density at radius 1 is 1.17 bits per heavy atom. The third kappa shape index (κ3) is 5.89. The number of anilines is 1. The zero-order chi connectivity index (χ0) is 20.8. The average Bonchev–Trinajstić information content (AvgIpc) is 3.12. The Hall–Kier alpha value is -2.70. The van der Waals surface area contributed by atoms with Gasteiger partial charge in [-0.2, -0.15) is 0 Å². The summed E-state index contributed by atoms with van der Waals surface area (Å²) >= 11 is 0. The van der Waals surface area contributed by atoms with Crippen molar-refractivity contribution in [2.24, 2.45) is 0 Å². The van der Waals surface area contributed by atoms with Crippen molar-refractivity contribution in [3.05, 3.63) is 65.7 Å². The Bertz CT molecular complexity index is 823. The lowest BCUT2D eigenvalue weighted by Gasteiger charge is -2.32. The van der Waals surface area contributed by atoms with Crippen molar-refractivity contribution in [3.8, 4) is 0 Å². The van der Waals surface area contributed by atoms with Crippen molar-refractivity contribution in [1.82, 2.24) is 9.80 Å². The summed E-state index contributed by atoms with van der Waals surface area (Å²) in [5, 5.41) is 12.6. The molecule has 0 spiro atoms. The molecule has 0 saturated carbocycles. The average molecular weight is 396 g/mol. The first kappa shape index (κ1) is 21.0. The number of likely N-dealkylation sites (N-methyl/N-ethyl adjacent to an activating group) is 1. The molecule has 29 heavy (non-hydrogen) atoms. The molecule has 154 valence electrons. The molecule has 2 amide bonds. The number of aliphatic hydroxyl groups is 1.